The molecule has 2 heterocycles. The summed E-state index contributed by atoms with van der Waals surface area (Å²) in [6, 6.07) is 8.53. The molecule has 7 nitrogen and oxygen atoms in total. The van der Waals surface area contributed by atoms with Crippen molar-refractivity contribution in [1.29, 1.82) is 0 Å². The molecule has 24 heavy (non-hydrogen) atoms. The van der Waals surface area contributed by atoms with Crippen molar-refractivity contribution >= 4 is 22.4 Å². The van der Waals surface area contributed by atoms with Crippen molar-refractivity contribution in [2.24, 2.45) is 0 Å². The zero-order valence-corrected chi connectivity index (χ0v) is 13.4. The number of benzene rings is 1. The summed E-state index contributed by atoms with van der Waals surface area (Å²) in [6.45, 7) is 2.51. The van der Waals surface area contributed by atoms with Gasteiger partial charge in [0.2, 0.25) is 0 Å². The van der Waals surface area contributed by atoms with E-state index in [-0.39, 0.29) is 18.4 Å². The number of aliphatic hydroxyl groups excluding tert-OH is 1. The van der Waals surface area contributed by atoms with Crippen LogP contribution in [-0.2, 0) is 4.74 Å². The summed E-state index contributed by atoms with van der Waals surface area (Å²) in [5.41, 5.74) is 0.845. The second kappa shape index (κ2) is 7.55. The molecule has 2 aromatic rings. The number of hydrogen-bond acceptors (Lipinski definition) is 6. The molecule has 7 heteroatoms. The second-order valence-electron chi connectivity index (χ2n) is 5.94. The topological polar surface area (TPSA) is 88.7 Å². The van der Waals surface area contributed by atoms with Crippen LogP contribution in [0.5, 0.6) is 0 Å². The van der Waals surface area contributed by atoms with Gasteiger partial charge in [0.15, 0.2) is 0 Å². The largest absolute Gasteiger partial charge is 0.396 e. The van der Waals surface area contributed by atoms with E-state index in [1.807, 2.05) is 12.1 Å². The molecule has 0 saturated carbocycles. The molecule has 1 aromatic heterocycles. The smallest absolute Gasteiger partial charge is 0.270 e. The average molecular weight is 331 g/mol. The number of aromatic nitrogens is 1. The van der Waals surface area contributed by atoms with Gasteiger partial charge >= 0.3 is 0 Å². The van der Waals surface area contributed by atoms with Crippen LogP contribution in [0.15, 0.2) is 30.3 Å². The molecule has 1 saturated heterocycles. The Morgan fingerprint density at radius 2 is 2.08 bits per heavy atom. The summed E-state index contributed by atoms with van der Waals surface area (Å²) in [5.74, 6) is 0.894. The molecule has 1 N–H and O–H groups in total. The number of aliphatic hydroxyl groups is 1. The van der Waals surface area contributed by atoms with Crippen LogP contribution in [0.3, 0.4) is 0 Å². The van der Waals surface area contributed by atoms with Gasteiger partial charge in [-0.3, -0.25) is 10.1 Å². The fourth-order valence-corrected chi connectivity index (χ4v) is 2.96. The molecular formula is C17H21N3O4. The first kappa shape index (κ1) is 16.6. The van der Waals surface area contributed by atoms with E-state index < -0.39 is 4.92 Å². The highest BCUT2D eigenvalue weighted by Gasteiger charge is 2.20. The van der Waals surface area contributed by atoms with Crippen molar-refractivity contribution in [1.82, 2.24) is 4.98 Å². The van der Waals surface area contributed by atoms with Gasteiger partial charge in [-0.2, -0.15) is 0 Å². The number of nitro groups is 1. The number of anilines is 1. The predicted octanol–water partition coefficient (Wildman–Crippen LogP) is 2.51. The molecule has 0 atom stereocenters. The molecule has 1 aliphatic rings. The van der Waals surface area contributed by atoms with Crippen LogP contribution in [-0.4, -0.2) is 47.4 Å². The van der Waals surface area contributed by atoms with Crippen LogP contribution in [0.1, 0.15) is 19.3 Å². The first-order valence-corrected chi connectivity index (χ1v) is 8.20. The van der Waals surface area contributed by atoms with Crippen LogP contribution >= 0.6 is 0 Å². The second-order valence-corrected chi connectivity index (χ2v) is 5.94. The van der Waals surface area contributed by atoms with Gasteiger partial charge in [0.25, 0.3) is 5.69 Å². The molecule has 3 rings (SSSR count). The maximum atomic E-state index is 10.8. The number of nitro benzene ring substituents is 1. The van der Waals surface area contributed by atoms with Crippen molar-refractivity contribution in [2.45, 2.75) is 25.4 Å². The Balaban J connectivity index is 1.65. The molecule has 0 bridgehead atoms. The van der Waals surface area contributed by atoms with Crippen LogP contribution < -0.4 is 4.90 Å². The lowest BCUT2D eigenvalue weighted by molar-refractivity contribution is -0.384. The summed E-state index contributed by atoms with van der Waals surface area (Å²) in [7, 11) is 0. The number of fused-ring (bicyclic) bond motifs is 1. The minimum Gasteiger partial charge on any atom is -0.396 e. The van der Waals surface area contributed by atoms with E-state index in [1.165, 1.54) is 6.07 Å². The summed E-state index contributed by atoms with van der Waals surface area (Å²) >= 11 is 0. The van der Waals surface area contributed by atoms with E-state index in [0.717, 1.165) is 42.7 Å². The van der Waals surface area contributed by atoms with Gasteiger partial charge in [0.05, 0.1) is 16.5 Å². The van der Waals surface area contributed by atoms with E-state index in [9.17, 15) is 10.1 Å². The summed E-state index contributed by atoms with van der Waals surface area (Å²) in [4.78, 5) is 17.3. The zero-order valence-electron chi connectivity index (χ0n) is 13.4. The normalized spacial score (nSPS) is 15.8. The number of piperidine rings is 1. The predicted molar refractivity (Wildman–Crippen MR) is 91.3 cm³/mol. The third kappa shape index (κ3) is 3.80. The summed E-state index contributed by atoms with van der Waals surface area (Å²) in [5, 5.41) is 20.4. The van der Waals surface area contributed by atoms with E-state index in [0.29, 0.717) is 13.0 Å². The standard InChI is InChI=1S/C17H21N3O4/c21-10-1-11-24-15-6-8-19(9-7-15)17-5-2-13-12-14(20(22)23)3-4-16(13)18-17/h2-5,12,15,21H,1,6-11H2. The number of hydrogen-bond donors (Lipinski definition) is 1. The van der Waals surface area contributed by atoms with Gasteiger partial charge in [-0.1, -0.05) is 0 Å². The van der Waals surface area contributed by atoms with Crippen LogP contribution in [0.4, 0.5) is 11.5 Å². The van der Waals surface area contributed by atoms with E-state index >= 15 is 0 Å². The van der Waals surface area contributed by atoms with E-state index in [2.05, 4.69) is 9.88 Å². The van der Waals surface area contributed by atoms with E-state index in [1.54, 1.807) is 12.1 Å². The lowest BCUT2D eigenvalue weighted by Gasteiger charge is -2.32. The van der Waals surface area contributed by atoms with E-state index in [4.69, 9.17) is 9.84 Å². The average Bonchev–Trinajstić information content (AvgIpc) is 2.61. The molecule has 1 fully saturated rings. The lowest BCUT2D eigenvalue weighted by atomic mass is 10.1. The molecule has 0 aliphatic carbocycles. The fraction of sp³-hybridized carbons (Fsp3) is 0.471. The van der Waals surface area contributed by atoms with Crippen molar-refractivity contribution < 1.29 is 14.8 Å². The third-order valence-corrected chi connectivity index (χ3v) is 4.29. The molecule has 1 aliphatic heterocycles. The Kier molecular flexibility index (Phi) is 5.22. The lowest BCUT2D eigenvalue weighted by Crippen LogP contribution is -2.37. The Morgan fingerprint density at radius 3 is 2.79 bits per heavy atom. The highest BCUT2D eigenvalue weighted by Crippen LogP contribution is 2.25. The molecule has 0 radical (unpaired) electrons. The van der Waals surface area contributed by atoms with Crippen LogP contribution in [0.25, 0.3) is 10.9 Å². The molecule has 128 valence electrons. The van der Waals surface area contributed by atoms with Gasteiger partial charge in [-0.15, -0.1) is 0 Å². The quantitative estimate of drug-likeness (QED) is 0.497. The molecule has 0 spiro atoms. The number of nitrogens with zero attached hydrogens (tertiary/aromatic N) is 3. The molecule has 1 aromatic carbocycles. The van der Waals surface area contributed by atoms with Crippen molar-refractivity contribution in [3.63, 3.8) is 0 Å². The maximum absolute atomic E-state index is 10.8. The number of rotatable bonds is 6. The van der Waals surface area contributed by atoms with Crippen molar-refractivity contribution in [3.8, 4) is 0 Å². The SMILES string of the molecule is O=[N+]([O-])c1ccc2nc(N3CCC(OCCCO)CC3)ccc2c1. The van der Waals surface area contributed by atoms with Gasteiger partial charge < -0.3 is 14.7 Å². The van der Waals surface area contributed by atoms with Crippen molar-refractivity contribution in [3.05, 3.63) is 40.4 Å². The minimum atomic E-state index is -0.394. The maximum Gasteiger partial charge on any atom is 0.270 e. The number of ether oxygens (including phenoxy) is 1. The molecular weight excluding hydrogens is 310 g/mol. The van der Waals surface area contributed by atoms with Gasteiger partial charge in [-0.25, -0.2) is 4.98 Å². The monoisotopic (exact) mass is 331 g/mol. The van der Waals surface area contributed by atoms with Gasteiger partial charge in [-0.05, 0) is 37.5 Å². The Hall–Kier alpha value is -2.25. The van der Waals surface area contributed by atoms with Gasteiger partial charge in [0.1, 0.15) is 5.82 Å². The van der Waals surface area contributed by atoms with Crippen molar-refractivity contribution in [2.75, 3.05) is 31.2 Å². The molecule has 0 unspecified atom stereocenters. The first-order chi connectivity index (χ1) is 11.7. The van der Waals surface area contributed by atoms with Crippen LogP contribution in [0.2, 0.25) is 0 Å². The van der Waals surface area contributed by atoms with Gasteiger partial charge in [0, 0.05) is 43.8 Å². The number of pyridine rings is 1. The first-order valence-electron chi connectivity index (χ1n) is 8.20. The molecule has 0 amide bonds. The summed E-state index contributed by atoms with van der Waals surface area (Å²) in [6.07, 6.45) is 2.80. The highest BCUT2D eigenvalue weighted by molar-refractivity contribution is 5.82. The third-order valence-electron chi connectivity index (χ3n) is 4.29. The minimum absolute atomic E-state index is 0.0814. The zero-order chi connectivity index (χ0) is 16.9. The fourth-order valence-electron chi connectivity index (χ4n) is 2.96. The Morgan fingerprint density at radius 1 is 1.29 bits per heavy atom. The Labute approximate surface area is 140 Å². The highest BCUT2D eigenvalue weighted by atomic mass is 16.6. The number of non-ortho nitro benzene ring substituents is 1. The summed E-state index contributed by atoms with van der Waals surface area (Å²) < 4.78 is 5.74. The van der Waals surface area contributed by atoms with Crippen LogP contribution in [0, 0.1) is 10.1 Å². The Bertz CT molecular complexity index is 714.